The summed E-state index contributed by atoms with van der Waals surface area (Å²) in [6.07, 6.45) is 12.1. The topological polar surface area (TPSA) is 63.9 Å². The molecule has 0 spiro atoms. The highest BCUT2D eigenvalue weighted by atomic mass is 16.3. The van der Waals surface area contributed by atoms with Gasteiger partial charge in [0.25, 0.3) is 0 Å². The molecule has 0 heterocycles. The average molecular weight is 536 g/mol. The molecule has 3 N–H and O–H groups in total. The van der Waals surface area contributed by atoms with Crippen LogP contribution in [0.3, 0.4) is 0 Å². The third kappa shape index (κ3) is 6.89. The highest BCUT2D eigenvalue weighted by molar-refractivity contribution is 5.47. The summed E-state index contributed by atoms with van der Waals surface area (Å²) in [5.74, 6) is 2.32. The van der Waals surface area contributed by atoms with Crippen LogP contribution < -0.4 is 4.90 Å². The van der Waals surface area contributed by atoms with E-state index < -0.39 is 17.8 Å². The molecular formula is C35H53NO3. The molecule has 0 unspecified atom stereocenters. The first-order valence-corrected chi connectivity index (χ1v) is 15.2. The van der Waals surface area contributed by atoms with Gasteiger partial charge in [0.15, 0.2) is 0 Å². The highest BCUT2D eigenvalue weighted by Gasteiger charge is 2.52. The number of hydrogen-bond acceptors (Lipinski definition) is 4. The molecule has 7 atom stereocenters. The molecular weight excluding hydrogens is 482 g/mol. The van der Waals surface area contributed by atoms with Gasteiger partial charge in [-0.3, -0.25) is 0 Å². The van der Waals surface area contributed by atoms with Crippen LogP contribution in [0.15, 0.2) is 59.7 Å². The quantitative estimate of drug-likeness (QED) is 0.330. The molecule has 0 aliphatic heterocycles. The molecule has 39 heavy (non-hydrogen) atoms. The van der Waals surface area contributed by atoms with E-state index in [0.29, 0.717) is 36.5 Å². The highest BCUT2D eigenvalue weighted by Crippen LogP contribution is 2.62. The summed E-state index contributed by atoms with van der Waals surface area (Å²) in [5.41, 5.74) is 5.55. The SMILES string of the molecule is C=C1/C(=C\C=C2/C[C@H](c3ccc(N(C)C)cc3)C[C@]3(C)[C@@H]([C@H](C)CCCC(C)(C)O)CC[C@@H]23)C[C@@H](O)C[C@@H]1O. The zero-order valence-corrected chi connectivity index (χ0v) is 25.3. The van der Waals surface area contributed by atoms with Gasteiger partial charge < -0.3 is 20.2 Å². The van der Waals surface area contributed by atoms with Gasteiger partial charge in [-0.15, -0.1) is 0 Å². The normalized spacial score (nSPS) is 34.4. The van der Waals surface area contributed by atoms with Gasteiger partial charge in [-0.05, 0) is 110 Å². The summed E-state index contributed by atoms with van der Waals surface area (Å²) in [4.78, 5) is 2.15. The van der Waals surface area contributed by atoms with Crippen LogP contribution in [0.4, 0.5) is 5.69 Å². The van der Waals surface area contributed by atoms with E-state index in [1.807, 2.05) is 13.8 Å². The number of anilines is 1. The lowest BCUT2D eigenvalue weighted by molar-refractivity contribution is 0.0578. The molecule has 216 valence electrons. The number of benzene rings is 1. The van der Waals surface area contributed by atoms with Crippen LogP contribution in [0.25, 0.3) is 0 Å². The fourth-order valence-electron chi connectivity index (χ4n) is 8.12. The van der Waals surface area contributed by atoms with Crippen molar-refractivity contribution < 1.29 is 15.3 Å². The van der Waals surface area contributed by atoms with E-state index in [0.717, 1.165) is 36.8 Å². The molecule has 0 saturated heterocycles. The van der Waals surface area contributed by atoms with Crippen molar-refractivity contribution in [2.75, 3.05) is 19.0 Å². The number of rotatable bonds is 8. The Labute approximate surface area is 237 Å². The molecule has 0 bridgehead atoms. The summed E-state index contributed by atoms with van der Waals surface area (Å²) in [5, 5.41) is 30.9. The van der Waals surface area contributed by atoms with Crippen molar-refractivity contribution in [3.05, 3.63) is 65.3 Å². The maximum Gasteiger partial charge on any atom is 0.0811 e. The monoisotopic (exact) mass is 535 g/mol. The standard InChI is InChI=1S/C35H53NO3/c1-23(9-8-18-34(3,4)39)31-16-17-32-27(11-10-26-20-30(37)21-33(38)24(26)2)19-28(22-35(31,32)5)25-12-14-29(15-13-25)36(6)7/h10-15,23,28,30-33,37-39H,2,8-9,16-22H2,1,3-7H3/b26-10-,27-11+/t23-,28+,30-,31-,32+,33+,35-/m1/s1. The number of aliphatic hydroxyl groups excluding tert-OH is 2. The van der Waals surface area contributed by atoms with Crippen LogP contribution in [0.5, 0.6) is 0 Å². The minimum atomic E-state index is -0.654. The Kier molecular flexibility index (Phi) is 9.20. The van der Waals surface area contributed by atoms with Crippen LogP contribution in [0.2, 0.25) is 0 Å². The Morgan fingerprint density at radius 2 is 1.79 bits per heavy atom. The van der Waals surface area contributed by atoms with Gasteiger partial charge in [0.2, 0.25) is 0 Å². The van der Waals surface area contributed by atoms with E-state index in [2.05, 4.69) is 75.8 Å². The van der Waals surface area contributed by atoms with Crippen molar-refractivity contribution >= 4 is 5.69 Å². The van der Waals surface area contributed by atoms with E-state index >= 15 is 0 Å². The molecule has 3 aliphatic carbocycles. The van der Waals surface area contributed by atoms with Crippen LogP contribution in [0, 0.1) is 23.2 Å². The lowest BCUT2D eigenvalue weighted by Crippen LogP contribution is -2.38. The van der Waals surface area contributed by atoms with Crippen LogP contribution in [-0.2, 0) is 0 Å². The second-order valence-electron chi connectivity index (χ2n) is 14.1. The van der Waals surface area contributed by atoms with E-state index in [4.69, 9.17) is 0 Å². The smallest absolute Gasteiger partial charge is 0.0811 e. The molecule has 1 aromatic rings. The number of nitrogens with zero attached hydrogens (tertiary/aromatic N) is 1. The lowest BCUT2D eigenvalue weighted by Gasteiger charge is -2.47. The van der Waals surface area contributed by atoms with E-state index in [-0.39, 0.29) is 5.41 Å². The first kappa shape index (κ1) is 30.1. The Hall–Kier alpha value is -1.88. The number of aliphatic hydroxyl groups is 3. The molecule has 3 fully saturated rings. The van der Waals surface area contributed by atoms with Crippen molar-refractivity contribution in [2.24, 2.45) is 23.2 Å². The second kappa shape index (κ2) is 11.9. The fourth-order valence-corrected chi connectivity index (χ4v) is 8.12. The molecule has 0 amide bonds. The Morgan fingerprint density at radius 3 is 2.44 bits per heavy atom. The van der Waals surface area contributed by atoms with E-state index in [1.54, 1.807) is 0 Å². The molecule has 0 radical (unpaired) electrons. The Balaban J connectivity index is 1.64. The summed E-state index contributed by atoms with van der Waals surface area (Å²) in [6, 6.07) is 9.14. The van der Waals surface area contributed by atoms with E-state index in [1.165, 1.54) is 36.1 Å². The molecule has 3 saturated carbocycles. The summed E-state index contributed by atoms with van der Waals surface area (Å²) in [6.45, 7) is 13.0. The van der Waals surface area contributed by atoms with E-state index in [9.17, 15) is 15.3 Å². The van der Waals surface area contributed by atoms with Crippen molar-refractivity contribution in [3.63, 3.8) is 0 Å². The largest absolute Gasteiger partial charge is 0.393 e. The molecule has 4 heteroatoms. The van der Waals surface area contributed by atoms with Crippen LogP contribution in [-0.4, -0.2) is 47.2 Å². The minimum Gasteiger partial charge on any atom is -0.393 e. The van der Waals surface area contributed by atoms with Gasteiger partial charge in [-0.25, -0.2) is 0 Å². The van der Waals surface area contributed by atoms with Crippen molar-refractivity contribution in [1.29, 1.82) is 0 Å². The first-order valence-electron chi connectivity index (χ1n) is 15.2. The molecule has 4 rings (SSSR count). The van der Waals surface area contributed by atoms with Crippen LogP contribution >= 0.6 is 0 Å². The van der Waals surface area contributed by atoms with Gasteiger partial charge in [0, 0.05) is 26.2 Å². The predicted molar refractivity (Wildman–Crippen MR) is 163 cm³/mol. The molecule has 0 aromatic heterocycles. The maximum atomic E-state index is 10.4. The fraction of sp³-hybridized carbons (Fsp3) is 0.657. The maximum absolute atomic E-state index is 10.4. The number of hydrogen-bond donors (Lipinski definition) is 3. The van der Waals surface area contributed by atoms with Gasteiger partial charge in [-0.1, -0.05) is 63.1 Å². The second-order valence-corrected chi connectivity index (χ2v) is 14.1. The number of allylic oxidation sites excluding steroid dienone is 3. The van der Waals surface area contributed by atoms with Gasteiger partial charge in [-0.2, -0.15) is 0 Å². The van der Waals surface area contributed by atoms with Gasteiger partial charge in [0.05, 0.1) is 17.8 Å². The number of fused-ring (bicyclic) bond motifs is 1. The van der Waals surface area contributed by atoms with Crippen molar-refractivity contribution in [3.8, 4) is 0 Å². The van der Waals surface area contributed by atoms with Gasteiger partial charge >= 0.3 is 0 Å². The molecule has 1 aromatic carbocycles. The summed E-state index contributed by atoms with van der Waals surface area (Å²) >= 11 is 0. The minimum absolute atomic E-state index is 0.226. The zero-order valence-electron chi connectivity index (χ0n) is 25.3. The lowest BCUT2D eigenvalue weighted by atomic mass is 9.57. The predicted octanol–water partition coefficient (Wildman–Crippen LogP) is 7.16. The van der Waals surface area contributed by atoms with Gasteiger partial charge in [0.1, 0.15) is 0 Å². The molecule has 3 aliphatic rings. The Bertz CT molecular complexity index is 1060. The zero-order chi connectivity index (χ0) is 28.5. The average Bonchev–Trinajstić information content (AvgIpc) is 3.21. The summed E-state index contributed by atoms with van der Waals surface area (Å²) in [7, 11) is 4.18. The third-order valence-electron chi connectivity index (χ3n) is 10.3. The first-order chi connectivity index (χ1) is 18.3. The Morgan fingerprint density at radius 1 is 1.10 bits per heavy atom. The summed E-state index contributed by atoms with van der Waals surface area (Å²) < 4.78 is 0. The van der Waals surface area contributed by atoms with Crippen LogP contribution in [0.1, 0.15) is 97.0 Å². The molecule has 4 nitrogen and oxygen atoms in total. The third-order valence-corrected chi connectivity index (χ3v) is 10.3. The van der Waals surface area contributed by atoms with Crippen molar-refractivity contribution in [1.82, 2.24) is 0 Å². The van der Waals surface area contributed by atoms with Crippen molar-refractivity contribution in [2.45, 2.75) is 109 Å².